The number of carbonyl (C=O) groups excluding carboxylic acids is 2. The fraction of sp³-hybridized carbons (Fsp3) is 0.821. The number of hydrogen-bond acceptors (Lipinski definition) is 7. The van der Waals surface area contributed by atoms with E-state index in [0.29, 0.717) is 17.4 Å². The predicted molar refractivity (Wildman–Crippen MR) is 401 cm³/mol. The van der Waals surface area contributed by atoms with Gasteiger partial charge in [0.05, 0.1) is 34.4 Å². The summed E-state index contributed by atoms with van der Waals surface area (Å²) in [6, 6.07) is 0. The molecular weight excluding hydrogens is 1150 g/mol. The van der Waals surface area contributed by atoms with Gasteiger partial charge in [-0.2, -0.15) is 0 Å². The summed E-state index contributed by atoms with van der Waals surface area (Å²) in [5, 5.41) is 9.77. The third kappa shape index (κ3) is 76.0. The highest BCUT2D eigenvalue weighted by Gasteiger charge is 2.25. The molecule has 0 fully saturated rings. The average Bonchev–Trinajstić information content (AvgIpc) is 3.38. The van der Waals surface area contributed by atoms with Crippen LogP contribution in [0.3, 0.4) is 0 Å². The Kier molecular flexibility index (Phi) is 71.9. The van der Waals surface area contributed by atoms with E-state index in [1.54, 1.807) is 0 Å². The van der Waals surface area contributed by atoms with Crippen molar-refractivity contribution in [3.05, 3.63) is 72.9 Å². The van der Waals surface area contributed by atoms with E-state index in [1.165, 1.54) is 289 Å². The molecule has 0 bridgehead atoms. The molecule has 1 N–H and O–H groups in total. The molecule has 2 atom stereocenters. The molecule has 0 rings (SSSR count). The molecule has 0 spiro atoms. The van der Waals surface area contributed by atoms with Gasteiger partial charge in [0, 0.05) is 12.8 Å². The maximum Gasteiger partial charge on any atom is 0.361 e. The molecule has 0 saturated heterocycles. The summed E-state index contributed by atoms with van der Waals surface area (Å²) in [5.41, 5.74) is 0. The van der Waals surface area contributed by atoms with Crippen LogP contribution >= 0.6 is 0 Å². The Morgan fingerprint density at radius 2 is 0.613 bits per heavy atom. The Hall–Kier alpha value is -3.27. The van der Waals surface area contributed by atoms with E-state index in [-0.39, 0.29) is 38.2 Å². The summed E-state index contributed by atoms with van der Waals surface area (Å²) in [5.74, 6) is -1.98. The van der Waals surface area contributed by atoms with Crippen molar-refractivity contribution in [2.45, 2.75) is 399 Å². The number of likely N-dealkylation sites (N-methyl/N-ethyl adjacent to an activating group) is 1. The van der Waals surface area contributed by atoms with Crippen molar-refractivity contribution in [2.75, 3.05) is 47.5 Å². The maximum atomic E-state index is 13.0. The number of ether oxygens (including phenoxy) is 4. The second kappa shape index (κ2) is 74.5. The van der Waals surface area contributed by atoms with Crippen LogP contribution < -0.4 is 0 Å². The fourth-order valence-electron chi connectivity index (χ4n) is 11.9. The molecule has 2 unspecified atom stereocenters. The van der Waals surface area contributed by atoms with Crippen LogP contribution in [-0.2, 0) is 33.3 Å². The van der Waals surface area contributed by atoms with Crippen LogP contribution in [0.25, 0.3) is 0 Å². The molecule has 9 heteroatoms. The van der Waals surface area contributed by atoms with Gasteiger partial charge in [0.15, 0.2) is 6.10 Å². The number of rotatable bonds is 75. The van der Waals surface area contributed by atoms with E-state index in [4.69, 9.17) is 18.9 Å². The summed E-state index contributed by atoms with van der Waals surface area (Å²) in [6.07, 6.45) is 97.8. The Bertz CT molecular complexity index is 1760. The summed E-state index contributed by atoms with van der Waals surface area (Å²) in [6.45, 7) is 4.82. The average molecular weight is 1310 g/mol. The molecule has 0 amide bonds. The van der Waals surface area contributed by atoms with Crippen LogP contribution in [0.5, 0.6) is 0 Å². The molecule has 0 heterocycles. The van der Waals surface area contributed by atoms with Gasteiger partial charge >= 0.3 is 17.9 Å². The molecule has 0 aromatic heterocycles. The molecule has 9 nitrogen and oxygen atoms in total. The van der Waals surface area contributed by atoms with Gasteiger partial charge in [-0.1, -0.05) is 363 Å². The molecule has 93 heavy (non-hydrogen) atoms. The fourth-order valence-corrected chi connectivity index (χ4v) is 11.9. The molecule has 0 aliphatic heterocycles. The molecule has 0 saturated carbocycles. The van der Waals surface area contributed by atoms with E-state index < -0.39 is 18.4 Å². The van der Waals surface area contributed by atoms with Crippen LogP contribution in [0.15, 0.2) is 72.9 Å². The Balaban J connectivity index is 3.97. The van der Waals surface area contributed by atoms with E-state index in [1.807, 2.05) is 21.1 Å². The van der Waals surface area contributed by atoms with Crippen LogP contribution in [0.2, 0.25) is 0 Å². The number of esters is 2. The standard InChI is InChI=1S/C84H153NO8/c1-6-8-10-12-14-16-18-20-22-24-26-28-30-32-34-36-38-39-40-41-42-43-45-46-48-50-52-54-56-58-60-62-64-66-68-70-72-74-81(86)91-78-80(79-92-84(83(88)89)90-77-76-85(3,4)5)93-82(87)75-73-71-69-67-65-63-61-59-57-55-53-51-49-47-44-37-35-33-31-29-27-25-23-21-19-17-15-13-11-9-7-2/h9,11,15,17-18,20-21,23-24,26-27,29,80,84H,6-8,10,12-14,16,19,22,25,28,30-79H2,1-5H3/p+1/b11-9-,17-15-,20-18-,23-21-,26-24-,29-27-. The lowest BCUT2D eigenvalue weighted by Crippen LogP contribution is -2.40. The van der Waals surface area contributed by atoms with Gasteiger partial charge in [0.2, 0.25) is 0 Å². The number of aliphatic carboxylic acids is 1. The first kappa shape index (κ1) is 89.7. The van der Waals surface area contributed by atoms with Crippen LogP contribution in [-0.4, -0.2) is 87.4 Å². The first-order valence-corrected chi connectivity index (χ1v) is 40.1. The smallest absolute Gasteiger partial charge is 0.361 e. The van der Waals surface area contributed by atoms with Gasteiger partial charge in [0.1, 0.15) is 13.2 Å². The van der Waals surface area contributed by atoms with Crippen LogP contribution in [0, 0.1) is 0 Å². The van der Waals surface area contributed by atoms with Crippen LogP contribution in [0.1, 0.15) is 386 Å². The molecule has 0 aliphatic rings. The van der Waals surface area contributed by atoms with Crippen molar-refractivity contribution in [1.29, 1.82) is 0 Å². The third-order valence-electron chi connectivity index (χ3n) is 17.9. The second-order valence-corrected chi connectivity index (χ2v) is 28.3. The minimum atomic E-state index is -1.51. The Morgan fingerprint density at radius 1 is 0.333 bits per heavy atom. The zero-order valence-electron chi connectivity index (χ0n) is 62.2. The lowest BCUT2D eigenvalue weighted by molar-refractivity contribution is -0.870. The van der Waals surface area contributed by atoms with E-state index in [9.17, 15) is 19.5 Å². The molecule has 0 aromatic carbocycles. The van der Waals surface area contributed by atoms with Gasteiger partial charge in [-0.3, -0.25) is 9.59 Å². The first-order chi connectivity index (χ1) is 45.6. The van der Waals surface area contributed by atoms with E-state index >= 15 is 0 Å². The molecule has 0 aliphatic carbocycles. The van der Waals surface area contributed by atoms with Gasteiger partial charge in [0.25, 0.3) is 6.29 Å². The predicted octanol–water partition coefficient (Wildman–Crippen LogP) is 25.6. The topological polar surface area (TPSA) is 108 Å². The number of allylic oxidation sites excluding steroid dienone is 12. The minimum Gasteiger partial charge on any atom is -0.477 e. The SMILES string of the molecule is CC/C=C\C/C=C\C/C=C\C/C=C\CCCCCCCCCCCCCCCCCCCCC(=O)OC(COC(=O)CCCCCCCCCCCCCCCCCCCCCCCCCCC/C=C\C/C=C\CCCCCCC)COC(OCC[N+](C)(C)C)C(=O)O. The summed E-state index contributed by atoms with van der Waals surface area (Å²) < 4.78 is 23.1. The number of carboxylic acid groups (broad SMARTS) is 1. The van der Waals surface area contributed by atoms with Crippen molar-refractivity contribution >= 4 is 17.9 Å². The quantitative estimate of drug-likeness (QED) is 0.0211. The Labute approximate surface area is 577 Å². The van der Waals surface area contributed by atoms with Gasteiger partial charge < -0.3 is 28.5 Å². The number of nitrogens with zero attached hydrogens (tertiary/aromatic N) is 1. The largest absolute Gasteiger partial charge is 0.477 e. The molecule has 0 radical (unpaired) electrons. The lowest BCUT2D eigenvalue weighted by Gasteiger charge is -2.25. The van der Waals surface area contributed by atoms with Crippen molar-refractivity contribution < 1.29 is 42.9 Å². The molecule has 542 valence electrons. The number of carboxylic acids is 1. The van der Waals surface area contributed by atoms with Crippen molar-refractivity contribution in [3.8, 4) is 0 Å². The zero-order chi connectivity index (χ0) is 67.5. The van der Waals surface area contributed by atoms with Crippen molar-refractivity contribution in [1.82, 2.24) is 0 Å². The summed E-state index contributed by atoms with van der Waals surface area (Å²) in [7, 11) is 5.99. The van der Waals surface area contributed by atoms with Crippen LogP contribution in [0.4, 0.5) is 0 Å². The van der Waals surface area contributed by atoms with Crippen molar-refractivity contribution in [3.63, 3.8) is 0 Å². The van der Waals surface area contributed by atoms with E-state index in [0.717, 1.165) is 70.6 Å². The van der Waals surface area contributed by atoms with Crippen molar-refractivity contribution in [2.24, 2.45) is 0 Å². The normalized spacial score (nSPS) is 13.0. The Morgan fingerprint density at radius 3 is 0.914 bits per heavy atom. The summed E-state index contributed by atoms with van der Waals surface area (Å²) >= 11 is 0. The van der Waals surface area contributed by atoms with Gasteiger partial charge in [-0.25, -0.2) is 4.79 Å². The van der Waals surface area contributed by atoms with Gasteiger partial charge in [-0.15, -0.1) is 0 Å². The lowest BCUT2D eigenvalue weighted by atomic mass is 10.0. The number of unbranched alkanes of at least 4 members (excludes halogenated alkanes) is 48. The second-order valence-electron chi connectivity index (χ2n) is 28.3. The number of quaternary nitrogens is 1. The number of hydrogen-bond donors (Lipinski definition) is 1. The number of carbonyl (C=O) groups is 3. The maximum absolute atomic E-state index is 13.0. The minimum absolute atomic E-state index is 0.178. The monoisotopic (exact) mass is 1310 g/mol. The summed E-state index contributed by atoms with van der Waals surface area (Å²) in [4.78, 5) is 37.7. The molecular formula is C84H154NO8+. The zero-order valence-corrected chi connectivity index (χ0v) is 62.2. The third-order valence-corrected chi connectivity index (χ3v) is 17.9. The first-order valence-electron chi connectivity index (χ1n) is 40.1. The van der Waals surface area contributed by atoms with Gasteiger partial charge in [-0.05, 0) is 83.5 Å². The highest BCUT2D eigenvalue weighted by molar-refractivity contribution is 5.71. The van der Waals surface area contributed by atoms with E-state index in [2.05, 4.69) is 86.8 Å². The molecule has 0 aromatic rings. The highest BCUT2D eigenvalue weighted by atomic mass is 16.7. The highest BCUT2D eigenvalue weighted by Crippen LogP contribution is 2.19.